The molecule has 0 saturated carbocycles. The molecule has 98 valence electrons. The second-order valence-electron chi connectivity index (χ2n) is 4.38. The molecule has 0 aliphatic heterocycles. The molecule has 0 radical (unpaired) electrons. The molecule has 3 aromatic rings. The summed E-state index contributed by atoms with van der Waals surface area (Å²) in [5.41, 5.74) is 1.98. The van der Waals surface area contributed by atoms with E-state index in [1.807, 2.05) is 24.3 Å². The summed E-state index contributed by atoms with van der Waals surface area (Å²) in [4.78, 5) is 1.55. The van der Waals surface area contributed by atoms with E-state index in [0.29, 0.717) is 0 Å². The highest BCUT2D eigenvalue weighted by molar-refractivity contribution is 9.09. The molecule has 1 atom stereocenters. The van der Waals surface area contributed by atoms with Crippen molar-refractivity contribution in [1.82, 2.24) is 4.98 Å². The topological polar surface area (TPSA) is 15.8 Å². The first-order valence-electron chi connectivity index (χ1n) is 5.68. The van der Waals surface area contributed by atoms with Crippen LogP contribution in [0.3, 0.4) is 0 Å². The molecular weight excluding hydrogens is 319 g/mol. The molecule has 0 fully saturated rings. The van der Waals surface area contributed by atoms with Gasteiger partial charge in [-0.25, -0.2) is 0 Å². The highest BCUT2D eigenvalue weighted by Crippen LogP contribution is 2.41. The summed E-state index contributed by atoms with van der Waals surface area (Å²) in [6.07, 6.45) is -4.29. The largest absolute Gasteiger partial charge is 0.405 e. The fourth-order valence-electron chi connectivity index (χ4n) is 2.21. The van der Waals surface area contributed by atoms with Crippen LogP contribution in [0.2, 0.25) is 0 Å². The zero-order valence-electron chi connectivity index (χ0n) is 9.63. The molecule has 0 aliphatic rings. The number of benzene rings is 2. The van der Waals surface area contributed by atoms with Crippen LogP contribution >= 0.6 is 15.9 Å². The van der Waals surface area contributed by atoms with Gasteiger partial charge in [0.1, 0.15) is 4.83 Å². The Labute approximate surface area is 115 Å². The normalized spacial score (nSPS) is 14.1. The van der Waals surface area contributed by atoms with Crippen LogP contribution in [0, 0.1) is 0 Å². The molecule has 1 N–H and O–H groups in total. The highest BCUT2D eigenvalue weighted by Gasteiger charge is 2.38. The standard InChI is InChI=1S/C14H9BrF3N/c15-13(14(16,17)18)8-5-6-12-10(7-8)9-3-1-2-4-11(9)19-12/h1-7,13,19H. The van der Waals surface area contributed by atoms with Gasteiger partial charge in [0.05, 0.1) is 0 Å². The monoisotopic (exact) mass is 327 g/mol. The minimum Gasteiger partial charge on any atom is -0.355 e. The molecule has 19 heavy (non-hydrogen) atoms. The van der Waals surface area contributed by atoms with Crippen molar-refractivity contribution in [3.05, 3.63) is 48.0 Å². The Kier molecular flexibility index (Phi) is 2.82. The minimum absolute atomic E-state index is 0.213. The number of nitrogens with one attached hydrogen (secondary N) is 1. The number of para-hydroxylation sites is 1. The Bertz CT molecular complexity index is 745. The molecule has 0 amide bonds. The van der Waals surface area contributed by atoms with Crippen LogP contribution in [0.5, 0.6) is 0 Å². The fraction of sp³-hybridized carbons (Fsp3) is 0.143. The Morgan fingerprint density at radius 2 is 1.63 bits per heavy atom. The maximum atomic E-state index is 12.7. The first-order valence-corrected chi connectivity index (χ1v) is 6.59. The molecule has 1 heterocycles. The van der Waals surface area contributed by atoms with E-state index in [1.165, 1.54) is 6.07 Å². The summed E-state index contributed by atoms with van der Waals surface area (Å²) >= 11 is 2.71. The van der Waals surface area contributed by atoms with Crippen molar-refractivity contribution >= 4 is 37.7 Å². The summed E-state index contributed by atoms with van der Waals surface area (Å²) < 4.78 is 38.2. The van der Waals surface area contributed by atoms with E-state index in [0.717, 1.165) is 21.8 Å². The number of rotatable bonds is 1. The van der Waals surface area contributed by atoms with Gasteiger partial charge in [-0.3, -0.25) is 0 Å². The van der Waals surface area contributed by atoms with E-state index in [4.69, 9.17) is 0 Å². The number of H-pyrrole nitrogens is 1. The van der Waals surface area contributed by atoms with Crippen molar-refractivity contribution in [2.45, 2.75) is 11.0 Å². The van der Waals surface area contributed by atoms with Gasteiger partial charge in [-0.1, -0.05) is 40.2 Å². The zero-order valence-corrected chi connectivity index (χ0v) is 11.2. The van der Waals surface area contributed by atoms with Crippen LogP contribution in [-0.2, 0) is 0 Å². The quantitative estimate of drug-likeness (QED) is 0.582. The summed E-state index contributed by atoms with van der Waals surface area (Å²) in [6.45, 7) is 0. The molecular formula is C14H9BrF3N. The molecule has 0 bridgehead atoms. The maximum Gasteiger partial charge on any atom is 0.405 e. The number of alkyl halides is 4. The van der Waals surface area contributed by atoms with Gasteiger partial charge < -0.3 is 4.98 Å². The molecule has 1 aromatic heterocycles. The zero-order chi connectivity index (χ0) is 13.6. The molecule has 1 nitrogen and oxygen atoms in total. The van der Waals surface area contributed by atoms with Crippen molar-refractivity contribution in [2.75, 3.05) is 0 Å². The van der Waals surface area contributed by atoms with Gasteiger partial charge in [-0.05, 0) is 23.8 Å². The number of halogens is 4. The van der Waals surface area contributed by atoms with Gasteiger partial charge >= 0.3 is 6.18 Å². The van der Waals surface area contributed by atoms with Crippen molar-refractivity contribution in [2.24, 2.45) is 0 Å². The fourth-order valence-corrected chi connectivity index (χ4v) is 2.50. The van der Waals surface area contributed by atoms with Gasteiger partial charge in [0.15, 0.2) is 0 Å². The van der Waals surface area contributed by atoms with Crippen molar-refractivity contribution in [3.8, 4) is 0 Å². The van der Waals surface area contributed by atoms with Crippen LogP contribution in [0.4, 0.5) is 13.2 Å². The van der Waals surface area contributed by atoms with Crippen molar-refractivity contribution in [3.63, 3.8) is 0 Å². The maximum absolute atomic E-state index is 12.7. The van der Waals surface area contributed by atoms with Crippen molar-refractivity contribution in [1.29, 1.82) is 0 Å². The highest BCUT2D eigenvalue weighted by atomic mass is 79.9. The smallest absolute Gasteiger partial charge is 0.355 e. The Morgan fingerprint density at radius 1 is 0.947 bits per heavy atom. The summed E-state index contributed by atoms with van der Waals surface area (Å²) in [7, 11) is 0. The lowest BCUT2D eigenvalue weighted by molar-refractivity contribution is -0.128. The molecule has 0 saturated heterocycles. The second kappa shape index (κ2) is 4.27. The van der Waals surface area contributed by atoms with Crippen LogP contribution in [0.1, 0.15) is 10.4 Å². The molecule has 2 aromatic carbocycles. The average molecular weight is 328 g/mol. The lowest BCUT2D eigenvalue weighted by Gasteiger charge is -2.14. The van der Waals surface area contributed by atoms with E-state index in [-0.39, 0.29) is 5.56 Å². The average Bonchev–Trinajstić information content (AvgIpc) is 2.74. The molecule has 3 rings (SSSR count). The molecule has 1 unspecified atom stereocenters. The van der Waals surface area contributed by atoms with Gasteiger partial charge in [0, 0.05) is 21.8 Å². The predicted molar refractivity (Wildman–Crippen MR) is 73.5 cm³/mol. The second-order valence-corrected chi connectivity index (χ2v) is 5.30. The van der Waals surface area contributed by atoms with E-state index in [2.05, 4.69) is 20.9 Å². The first kappa shape index (κ1) is 12.5. The third-order valence-electron chi connectivity index (χ3n) is 3.11. The van der Waals surface area contributed by atoms with Gasteiger partial charge in [0.2, 0.25) is 0 Å². The third-order valence-corrected chi connectivity index (χ3v) is 4.16. The summed E-state index contributed by atoms with van der Waals surface area (Å²) in [5.74, 6) is 0. The lowest BCUT2D eigenvalue weighted by Crippen LogP contribution is -2.14. The number of fused-ring (bicyclic) bond motifs is 3. The van der Waals surface area contributed by atoms with Gasteiger partial charge in [-0.15, -0.1) is 0 Å². The minimum atomic E-state index is -4.29. The molecule has 0 aliphatic carbocycles. The van der Waals surface area contributed by atoms with E-state index in [9.17, 15) is 13.2 Å². The number of aromatic nitrogens is 1. The van der Waals surface area contributed by atoms with E-state index < -0.39 is 11.0 Å². The number of hydrogen-bond acceptors (Lipinski definition) is 0. The van der Waals surface area contributed by atoms with Gasteiger partial charge in [0.25, 0.3) is 0 Å². The summed E-state index contributed by atoms with van der Waals surface area (Å²) in [6, 6.07) is 12.3. The lowest BCUT2D eigenvalue weighted by atomic mass is 10.1. The van der Waals surface area contributed by atoms with Crippen molar-refractivity contribution < 1.29 is 13.2 Å². The SMILES string of the molecule is FC(F)(F)C(Br)c1ccc2[nH]c3ccccc3c2c1. The Hall–Kier alpha value is -1.49. The number of aromatic amines is 1. The predicted octanol–water partition coefficient (Wildman–Crippen LogP) is 5.32. The van der Waals surface area contributed by atoms with Crippen LogP contribution in [0.15, 0.2) is 42.5 Å². The van der Waals surface area contributed by atoms with E-state index >= 15 is 0 Å². The molecule has 0 spiro atoms. The molecule has 5 heteroatoms. The van der Waals surface area contributed by atoms with E-state index in [1.54, 1.807) is 12.1 Å². The first-order chi connectivity index (χ1) is 8.97. The van der Waals surface area contributed by atoms with Crippen LogP contribution in [-0.4, -0.2) is 11.2 Å². The van der Waals surface area contributed by atoms with Gasteiger partial charge in [-0.2, -0.15) is 13.2 Å². The Morgan fingerprint density at radius 3 is 2.37 bits per heavy atom. The third kappa shape index (κ3) is 2.12. The number of hydrogen-bond donors (Lipinski definition) is 1. The summed E-state index contributed by atoms with van der Waals surface area (Å²) in [5, 5.41) is 1.74. The van der Waals surface area contributed by atoms with Crippen LogP contribution in [0.25, 0.3) is 21.8 Å². The Balaban J connectivity index is 2.22. The van der Waals surface area contributed by atoms with Crippen LogP contribution < -0.4 is 0 Å².